The summed E-state index contributed by atoms with van der Waals surface area (Å²) in [7, 11) is 3.03. The molecule has 140 valence electrons. The molecule has 0 spiro atoms. The second kappa shape index (κ2) is 7.02. The molecule has 2 aliphatic rings. The van der Waals surface area contributed by atoms with Crippen molar-refractivity contribution < 1.29 is 19.3 Å². The van der Waals surface area contributed by atoms with Crippen molar-refractivity contribution in [1.29, 1.82) is 0 Å². The van der Waals surface area contributed by atoms with E-state index in [-0.39, 0.29) is 11.7 Å². The van der Waals surface area contributed by atoms with Crippen LogP contribution in [0.15, 0.2) is 46.5 Å². The van der Waals surface area contributed by atoms with Crippen LogP contribution in [0.1, 0.15) is 12.5 Å². The van der Waals surface area contributed by atoms with Crippen LogP contribution in [0.25, 0.3) is 0 Å². The Kier molecular flexibility index (Phi) is 4.76. The monoisotopic (exact) mass is 369 g/mol. The third kappa shape index (κ3) is 3.43. The van der Waals surface area contributed by atoms with Crippen LogP contribution in [0.3, 0.4) is 0 Å². The number of urea groups is 1. The number of aromatic hydroxyl groups is 1. The van der Waals surface area contributed by atoms with E-state index in [1.165, 1.54) is 18.2 Å². The summed E-state index contributed by atoms with van der Waals surface area (Å²) in [6.45, 7) is 6.12. The van der Waals surface area contributed by atoms with E-state index in [0.29, 0.717) is 23.9 Å². The predicted molar refractivity (Wildman–Crippen MR) is 101 cm³/mol. The van der Waals surface area contributed by atoms with Gasteiger partial charge in [0.25, 0.3) is 5.91 Å². The highest BCUT2D eigenvalue weighted by molar-refractivity contribution is 6.22. The molecule has 1 atom stereocenters. The first-order chi connectivity index (χ1) is 12.8. The molecule has 1 fully saturated rings. The second-order valence-electron chi connectivity index (χ2n) is 6.48. The number of imide groups is 1. The van der Waals surface area contributed by atoms with Crippen molar-refractivity contribution in [2.45, 2.75) is 13.0 Å². The first kappa shape index (κ1) is 18.3. The maximum absolute atomic E-state index is 12.7. The Morgan fingerprint density at radius 1 is 1.41 bits per heavy atom. The van der Waals surface area contributed by atoms with Crippen molar-refractivity contribution in [2.75, 3.05) is 20.6 Å². The van der Waals surface area contributed by atoms with E-state index in [2.05, 4.69) is 22.1 Å². The Morgan fingerprint density at radius 2 is 2.15 bits per heavy atom. The highest BCUT2D eigenvalue weighted by atomic mass is 16.3. The number of nitrogens with zero attached hydrogens (tertiary/aromatic N) is 5. The summed E-state index contributed by atoms with van der Waals surface area (Å²) >= 11 is 0. The van der Waals surface area contributed by atoms with Crippen LogP contribution >= 0.6 is 0 Å². The zero-order chi connectivity index (χ0) is 19.7. The van der Waals surface area contributed by atoms with Crippen molar-refractivity contribution in [3.8, 4) is 5.75 Å². The number of guanidine groups is 1. The van der Waals surface area contributed by atoms with Gasteiger partial charge in [-0.1, -0.05) is 23.7 Å². The van der Waals surface area contributed by atoms with Crippen molar-refractivity contribution >= 4 is 29.9 Å². The van der Waals surface area contributed by atoms with E-state index in [0.717, 1.165) is 10.5 Å². The van der Waals surface area contributed by atoms with Gasteiger partial charge in [0, 0.05) is 14.1 Å². The lowest BCUT2D eigenvalue weighted by Crippen LogP contribution is -2.61. The van der Waals surface area contributed by atoms with E-state index < -0.39 is 12.1 Å². The van der Waals surface area contributed by atoms with Crippen LogP contribution in [-0.4, -0.2) is 76.1 Å². The number of amidine groups is 1. The second-order valence-corrected chi connectivity index (χ2v) is 6.48. The fourth-order valence-corrected chi connectivity index (χ4v) is 2.91. The number of rotatable bonds is 4. The van der Waals surface area contributed by atoms with E-state index in [9.17, 15) is 14.7 Å². The molecule has 0 saturated carbocycles. The fourth-order valence-electron chi connectivity index (χ4n) is 2.91. The number of carbonyl (C=O) groups is 2. The smallest absolute Gasteiger partial charge is 0.414 e. The van der Waals surface area contributed by atoms with Gasteiger partial charge in [0.1, 0.15) is 5.75 Å². The van der Waals surface area contributed by atoms with E-state index in [1.807, 2.05) is 6.92 Å². The van der Waals surface area contributed by atoms with Crippen LogP contribution in [-0.2, 0) is 4.79 Å². The Bertz CT molecular complexity index is 917. The number of hydrogen-bond donors (Lipinski definition) is 2. The standard InChI is InChI=1S/C18H20N6O3/c1-11(2)10-24-14-15(22(3)18(27)23(4)16(14)26)20-17(24)21-19-9-12-6-5-7-13(25)8-12/h5-9,14,25H,1,10H2,2-4H3/p+1/b19-9+. The number of carbonyl (C=O) groups excluding carboxylic acids is 2. The fraction of sp³-hybridized carbons (Fsp3) is 0.278. The number of hydrogen-bond acceptors (Lipinski definition) is 6. The molecule has 2 N–H and O–H groups in total. The minimum absolute atomic E-state index is 0.136. The zero-order valence-corrected chi connectivity index (χ0v) is 15.4. The maximum Gasteiger partial charge on any atom is 0.414 e. The topological polar surface area (TPSA) is 101 Å². The van der Waals surface area contributed by atoms with Gasteiger partial charge in [-0.05, 0) is 30.2 Å². The van der Waals surface area contributed by atoms with Crippen molar-refractivity contribution in [3.05, 3.63) is 42.0 Å². The van der Waals surface area contributed by atoms with Gasteiger partial charge in [0.15, 0.2) is 0 Å². The Labute approximate surface area is 156 Å². The lowest BCUT2D eigenvalue weighted by atomic mass is 10.1. The normalized spacial score (nSPS) is 19.7. The SMILES string of the molecule is C=C(C)C[N+]1=C(N/N=C/c2cccc(O)c2)N=C2C1C(=O)N(C)C(=O)N2C. The average Bonchev–Trinajstić information content (AvgIpc) is 2.96. The van der Waals surface area contributed by atoms with Crippen molar-refractivity contribution in [3.63, 3.8) is 0 Å². The summed E-state index contributed by atoms with van der Waals surface area (Å²) in [6.07, 6.45) is 1.52. The van der Waals surface area contributed by atoms with E-state index in [1.54, 1.807) is 35.9 Å². The molecule has 1 unspecified atom stereocenters. The largest absolute Gasteiger partial charge is 0.508 e. The van der Waals surface area contributed by atoms with Gasteiger partial charge < -0.3 is 5.11 Å². The molecule has 9 nitrogen and oxygen atoms in total. The molecule has 1 aromatic rings. The molecule has 2 heterocycles. The van der Waals surface area contributed by atoms with Crippen LogP contribution in [0.5, 0.6) is 5.75 Å². The zero-order valence-electron chi connectivity index (χ0n) is 15.4. The molecule has 27 heavy (non-hydrogen) atoms. The summed E-state index contributed by atoms with van der Waals surface area (Å²) in [5.74, 6) is 0.473. The van der Waals surface area contributed by atoms with Gasteiger partial charge in [0.2, 0.25) is 11.9 Å². The van der Waals surface area contributed by atoms with Crippen molar-refractivity contribution in [2.24, 2.45) is 10.1 Å². The average molecular weight is 369 g/mol. The van der Waals surface area contributed by atoms with E-state index in [4.69, 9.17) is 0 Å². The molecule has 0 aliphatic carbocycles. The molecule has 0 aromatic heterocycles. The summed E-state index contributed by atoms with van der Waals surface area (Å²) in [6, 6.07) is 5.47. The minimum atomic E-state index is -0.715. The quantitative estimate of drug-likeness (QED) is 0.351. The van der Waals surface area contributed by atoms with E-state index >= 15 is 0 Å². The minimum Gasteiger partial charge on any atom is -0.508 e. The number of hydrazone groups is 1. The first-order valence-electron chi connectivity index (χ1n) is 8.29. The third-order valence-corrected chi connectivity index (χ3v) is 4.22. The molecule has 1 saturated heterocycles. The van der Waals surface area contributed by atoms with Gasteiger partial charge in [0.05, 0.1) is 12.8 Å². The molecule has 2 aliphatic heterocycles. The molecule has 9 heteroatoms. The van der Waals surface area contributed by atoms with Crippen LogP contribution in [0.2, 0.25) is 0 Å². The lowest BCUT2D eigenvalue weighted by molar-refractivity contribution is -0.529. The molecule has 0 radical (unpaired) electrons. The number of amides is 3. The summed E-state index contributed by atoms with van der Waals surface area (Å²) in [5, 5.41) is 13.6. The molecule has 1 aromatic carbocycles. The number of likely N-dealkylation sites (N-methyl/N-ethyl adjacent to an activating group) is 2. The Hall–Kier alpha value is -3.49. The number of benzene rings is 1. The van der Waals surface area contributed by atoms with Crippen molar-refractivity contribution in [1.82, 2.24) is 15.2 Å². The highest BCUT2D eigenvalue weighted by Gasteiger charge is 2.51. The van der Waals surface area contributed by atoms with Gasteiger partial charge in [-0.15, -0.1) is 5.10 Å². The van der Waals surface area contributed by atoms with Crippen LogP contribution in [0, 0.1) is 0 Å². The van der Waals surface area contributed by atoms with Gasteiger partial charge in [-0.25, -0.2) is 9.37 Å². The first-order valence-corrected chi connectivity index (χ1v) is 8.29. The number of fused-ring (bicyclic) bond motifs is 1. The van der Waals surface area contributed by atoms with Crippen LogP contribution in [0.4, 0.5) is 4.79 Å². The maximum atomic E-state index is 12.7. The molecular weight excluding hydrogens is 348 g/mol. The number of phenols is 1. The summed E-state index contributed by atoms with van der Waals surface area (Å²) < 4.78 is 1.72. The molecule has 3 amide bonds. The molecular formula is C18H21N6O3+. The number of phenolic OH excluding ortho intramolecular Hbond substituents is 1. The van der Waals surface area contributed by atoms with Gasteiger partial charge >= 0.3 is 12.0 Å². The molecule has 3 rings (SSSR count). The number of aliphatic imine (C=N–C) groups is 1. The Morgan fingerprint density at radius 3 is 2.81 bits per heavy atom. The highest BCUT2D eigenvalue weighted by Crippen LogP contribution is 2.19. The van der Waals surface area contributed by atoms with Crippen LogP contribution < -0.4 is 5.43 Å². The number of nitrogens with one attached hydrogen (secondary N) is 1. The summed E-state index contributed by atoms with van der Waals surface area (Å²) in [5.41, 5.74) is 4.35. The lowest BCUT2D eigenvalue weighted by Gasteiger charge is -2.31. The molecule has 0 bridgehead atoms. The Balaban J connectivity index is 1.91. The third-order valence-electron chi connectivity index (χ3n) is 4.22. The van der Waals surface area contributed by atoms with Gasteiger partial charge in [-0.2, -0.15) is 5.43 Å². The predicted octanol–water partition coefficient (Wildman–Crippen LogP) is 0.565. The van der Waals surface area contributed by atoms with Gasteiger partial charge in [-0.3, -0.25) is 14.6 Å². The summed E-state index contributed by atoms with van der Waals surface area (Å²) in [4.78, 5) is 31.7.